The highest BCUT2D eigenvalue weighted by atomic mass is 35.5. The lowest BCUT2D eigenvalue weighted by Gasteiger charge is -2.33. The van der Waals surface area contributed by atoms with Crippen LogP contribution in [-0.4, -0.2) is 6.04 Å². The second-order valence-electron chi connectivity index (χ2n) is 3.92. The summed E-state index contributed by atoms with van der Waals surface area (Å²) < 4.78 is 0. The average Bonchev–Trinajstić information content (AvgIpc) is 2.18. The first kappa shape index (κ1) is 10.3. The second kappa shape index (κ2) is 4.09. The van der Waals surface area contributed by atoms with Crippen LogP contribution in [0.5, 0.6) is 0 Å². The van der Waals surface area contributed by atoms with E-state index >= 15 is 0 Å². The molecule has 2 atom stereocenters. The molecular formula is C11H13Cl2N. The summed E-state index contributed by atoms with van der Waals surface area (Å²) in [6, 6.07) is 6.13. The van der Waals surface area contributed by atoms with Crippen molar-refractivity contribution in [3.8, 4) is 0 Å². The first-order valence-corrected chi connectivity index (χ1v) is 5.62. The van der Waals surface area contributed by atoms with E-state index in [2.05, 4.69) is 0 Å². The molecule has 0 saturated heterocycles. The molecule has 1 aromatic carbocycles. The maximum absolute atomic E-state index is 6.09. The molecule has 0 heterocycles. The van der Waals surface area contributed by atoms with Gasteiger partial charge in [-0.2, -0.15) is 0 Å². The lowest BCUT2D eigenvalue weighted by molar-refractivity contribution is 0.256. The Morgan fingerprint density at radius 1 is 1.29 bits per heavy atom. The van der Waals surface area contributed by atoms with E-state index in [1.165, 1.54) is 6.42 Å². The quantitative estimate of drug-likeness (QED) is 0.828. The van der Waals surface area contributed by atoms with Gasteiger partial charge < -0.3 is 5.73 Å². The average molecular weight is 230 g/mol. The minimum atomic E-state index is 0.352. The summed E-state index contributed by atoms with van der Waals surface area (Å²) in [7, 11) is 0. The lowest BCUT2D eigenvalue weighted by atomic mass is 9.76. The highest BCUT2D eigenvalue weighted by Gasteiger charge is 2.27. The van der Waals surface area contributed by atoms with Crippen LogP contribution in [0.15, 0.2) is 18.2 Å². The Balaban J connectivity index is 2.12. The third-order valence-corrected chi connectivity index (χ3v) is 3.85. The summed E-state index contributed by atoms with van der Waals surface area (Å²) in [4.78, 5) is 0. The smallest absolute Gasteiger partial charge is 0.0624 e. The molecule has 14 heavy (non-hydrogen) atoms. The standard InChI is InChI=1S/C11H13Cl2N/c12-9-3-1-2-8(11(9)13)6-7-4-5-10(7)14/h1-3,7,10H,4-6,14H2. The predicted octanol–water partition coefficient (Wildman–Crippen LogP) is 3.27. The van der Waals surface area contributed by atoms with Gasteiger partial charge in [-0.05, 0) is 36.8 Å². The number of rotatable bonds is 2. The molecular weight excluding hydrogens is 217 g/mol. The molecule has 1 aliphatic rings. The van der Waals surface area contributed by atoms with Gasteiger partial charge in [-0.15, -0.1) is 0 Å². The SMILES string of the molecule is NC1CCC1Cc1cccc(Cl)c1Cl. The highest BCUT2D eigenvalue weighted by molar-refractivity contribution is 6.42. The fraction of sp³-hybridized carbons (Fsp3) is 0.455. The van der Waals surface area contributed by atoms with E-state index in [1.807, 2.05) is 18.2 Å². The van der Waals surface area contributed by atoms with Gasteiger partial charge >= 0.3 is 0 Å². The van der Waals surface area contributed by atoms with E-state index in [-0.39, 0.29) is 0 Å². The number of halogens is 2. The first-order valence-electron chi connectivity index (χ1n) is 4.87. The van der Waals surface area contributed by atoms with Crippen LogP contribution in [0.2, 0.25) is 10.0 Å². The van der Waals surface area contributed by atoms with Crippen molar-refractivity contribution >= 4 is 23.2 Å². The molecule has 76 valence electrons. The van der Waals surface area contributed by atoms with Crippen LogP contribution in [-0.2, 0) is 6.42 Å². The third-order valence-electron chi connectivity index (χ3n) is 2.99. The Hall–Kier alpha value is -0.240. The maximum atomic E-state index is 6.09. The third kappa shape index (κ3) is 1.90. The molecule has 2 rings (SSSR count). The van der Waals surface area contributed by atoms with Crippen molar-refractivity contribution in [2.24, 2.45) is 11.7 Å². The van der Waals surface area contributed by atoms with Crippen LogP contribution in [0.1, 0.15) is 18.4 Å². The minimum Gasteiger partial charge on any atom is -0.327 e. The van der Waals surface area contributed by atoms with Crippen LogP contribution < -0.4 is 5.73 Å². The molecule has 2 N–H and O–H groups in total. The Bertz CT molecular complexity index is 338. The van der Waals surface area contributed by atoms with E-state index in [0.717, 1.165) is 18.4 Å². The van der Waals surface area contributed by atoms with Crippen molar-refractivity contribution in [1.82, 2.24) is 0 Å². The molecule has 0 aliphatic heterocycles. The van der Waals surface area contributed by atoms with Gasteiger partial charge in [0.05, 0.1) is 10.0 Å². The fourth-order valence-corrected chi connectivity index (χ4v) is 2.23. The van der Waals surface area contributed by atoms with Crippen LogP contribution >= 0.6 is 23.2 Å². The Morgan fingerprint density at radius 2 is 2.07 bits per heavy atom. The van der Waals surface area contributed by atoms with E-state index in [1.54, 1.807) is 0 Å². The van der Waals surface area contributed by atoms with Gasteiger partial charge in [0.1, 0.15) is 0 Å². The summed E-state index contributed by atoms with van der Waals surface area (Å²) >= 11 is 12.0. The maximum Gasteiger partial charge on any atom is 0.0624 e. The van der Waals surface area contributed by atoms with Gasteiger partial charge in [0.25, 0.3) is 0 Å². The van der Waals surface area contributed by atoms with Crippen LogP contribution in [0.4, 0.5) is 0 Å². The van der Waals surface area contributed by atoms with E-state index in [0.29, 0.717) is 22.0 Å². The molecule has 1 aliphatic carbocycles. The van der Waals surface area contributed by atoms with E-state index in [4.69, 9.17) is 28.9 Å². The summed E-state index contributed by atoms with van der Waals surface area (Å²) in [5, 5.41) is 1.32. The molecule has 0 amide bonds. The Kier molecular flexibility index (Phi) is 3.01. The second-order valence-corrected chi connectivity index (χ2v) is 4.70. The molecule has 2 unspecified atom stereocenters. The van der Waals surface area contributed by atoms with Gasteiger partial charge in [-0.3, -0.25) is 0 Å². The van der Waals surface area contributed by atoms with Gasteiger partial charge in [0, 0.05) is 6.04 Å². The predicted molar refractivity (Wildman–Crippen MR) is 60.9 cm³/mol. The van der Waals surface area contributed by atoms with Crippen LogP contribution in [0, 0.1) is 5.92 Å². The molecule has 0 spiro atoms. The molecule has 1 aromatic rings. The topological polar surface area (TPSA) is 26.0 Å². The zero-order chi connectivity index (χ0) is 10.1. The summed E-state index contributed by atoms with van der Waals surface area (Å²) in [6.45, 7) is 0. The molecule has 1 fully saturated rings. The largest absolute Gasteiger partial charge is 0.327 e. The number of hydrogen-bond donors (Lipinski definition) is 1. The van der Waals surface area contributed by atoms with Gasteiger partial charge in [-0.1, -0.05) is 35.3 Å². The molecule has 1 nitrogen and oxygen atoms in total. The van der Waals surface area contributed by atoms with E-state index in [9.17, 15) is 0 Å². The molecule has 0 radical (unpaired) electrons. The van der Waals surface area contributed by atoms with E-state index < -0.39 is 0 Å². The van der Waals surface area contributed by atoms with Crippen molar-refractivity contribution < 1.29 is 0 Å². The lowest BCUT2D eigenvalue weighted by Crippen LogP contribution is -2.40. The summed E-state index contributed by atoms with van der Waals surface area (Å²) in [5.41, 5.74) is 7.01. The Morgan fingerprint density at radius 3 is 2.64 bits per heavy atom. The van der Waals surface area contributed by atoms with Gasteiger partial charge in [0.15, 0.2) is 0 Å². The monoisotopic (exact) mass is 229 g/mol. The molecule has 1 saturated carbocycles. The summed E-state index contributed by atoms with van der Waals surface area (Å²) in [5.74, 6) is 0.589. The summed E-state index contributed by atoms with van der Waals surface area (Å²) in [6.07, 6.45) is 3.31. The molecule has 0 aromatic heterocycles. The zero-order valence-electron chi connectivity index (χ0n) is 7.84. The van der Waals surface area contributed by atoms with Crippen LogP contribution in [0.3, 0.4) is 0 Å². The normalized spacial score (nSPS) is 25.9. The van der Waals surface area contributed by atoms with Crippen molar-refractivity contribution in [3.05, 3.63) is 33.8 Å². The number of hydrogen-bond acceptors (Lipinski definition) is 1. The molecule has 3 heteroatoms. The van der Waals surface area contributed by atoms with Crippen molar-refractivity contribution in [2.75, 3.05) is 0 Å². The first-order chi connectivity index (χ1) is 6.68. The van der Waals surface area contributed by atoms with Crippen molar-refractivity contribution in [1.29, 1.82) is 0 Å². The minimum absolute atomic E-state index is 0.352. The van der Waals surface area contributed by atoms with Gasteiger partial charge in [0.2, 0.25) is 0 Å². The van der Waals surface area contributed by atoms with Crippen LogP contribution in [0.25, 0.3) is 0 Å². The highest BCUT2D eigenvalue weighted by Crippen LogP contribution is 2.33. The van der Waals surface area contributed by atoms with Gasteiger partial charge in [-0.25, -0.2) is 0 Å². The Labute approximate surface area is 94.2 Å². The van der Waals surface area contributed by atoms with Crippen molar-refractivity contribution in [3.63, 3.8) is 0 Å². The number of nitrogens with two attached hydrogens (primary N) is 1. The van der Waals surface area contributed by atoms with Crippen molar-refractivity contribution in [2.45, 2.75) is 25.3 Å². The molecule has 0 bridgehead atoms. The fourth-order valence-electron chi connectivity index (χ4n) is 1.84. The zero-order valence-corrected chi connectivity index (χ0v) is 9.35. The number of benzene rings is 1.